The first kappa shape index (κ1) is 11.5. The smallest absolute Gasteiger partial charge is 0.225 e. The molecule has 1 atom stereocenters. The number of hydrogen-bond acceptors (Lipinski definition) is 4. The maximum absolute atomic E-state index is 5.82. The van der Waals surface area contributed by atoms with Crippen LogP contribution in [0.2, 0.25) is 5.02 Å². The normalized spacial score (nSPS) is 20.1. The Labute approximate surface area is 110 Å². The van der Waals surface area contributed by atoms with E-state index in [1.165, 1.54) is 6.42 Å². The van der Waals surface area contributed by atoms with Crippen LogP contribution in [-0.4, -0.2) is 26.5 Å². The van der Waals surface area contributed by atoms with Gasteiger partial charge >= 0.3 is 0 Å². The van der Waals surface area contributed by atoms with Crippen molar-refractivity contribution in [3.05, 3.63) is 35.6 Å². The van der Waals surface area contributed by atoms with Gasteiger partial charge in [0.2, 0.25) is 5.95 Å². The highest BCUT2D eigenvalue weighted by Gasteiger charge is 2.27. The summed E-state index contributed by atoms with van der Waals surface area (Å²) in [5, 5.41) is 0.560. The van der Waals surface area contributed by atoms with Crippen molar-refractivity contribution in [1.82, 2.24) is 19.9 Å². The van der Waals surface area contributed by atoms with E-state index in [0.29, 0.717) is 5.02 Å². The number of rotatable bonds is 2. The molecule has 0 spiro atoms. The third-order valence-electron chi connectivity index (χ3n) is 3.20. The van der Waals surface area contributed by atoms with Gasteiger partial charge in [0, 0.05) is 18.9 Å². The number of halogens is 1. The van der Waals surface area contributed by atoms with Gasteiger partial charge in [-0.2, -0.15) is 0 Å². The second-order valence-electron chi connectivity index (χ2n) is 4.38. The molecule has 3 heterocycles. The summed E-state index contributed by atoms with van der Waals surface area (Å²) >= 11 is 5.82. The van der Waals surface area contributed by atoms with E-state index in [0.717, 1.165) is 31.2 Å². The maximum atomic E-state index is 5.82. The quantitative estimate of drug-likeness (QED) is 0.905. The van der Waals surface area contributed by atoms with Crippen LogP contribution in [0.4, 0.5) is 5.95 Å². The van der Waals surface area contributed by atoms with Gasteiger partial charge in [0.25, 0.3) is 0 Å². The molecule has 0 bridgehead atoms. The number of anilines is 1. The topological polar surface area (TPSA) is 57.7 Å². The van der Waals surface area contributed by atoms with Crippen LogP contribution in [0, 0.1) is 0 Å². The molecule has 3 rings (SSSR count). The van der Waals surface area contributed by atoms with Crippen LogP contribution < -0.4 is 4.90 Å². The Morgan fingerprint density at radius 2 is 2.06 bits per heavy atom. The van der Waals surface area contributed by atoms with E-state index in [2.05, 4.69) is 24.8 Å². The predicted octanol–water partition coefficient (Wildman–Crippen LogP) is 2.58. The molecule has 2 aromatic rings. The summed E-state index contributed by atoms with van der Waals surface area (Å²) in [6.07, 6.45) is 10.3. The molecule has 18 heavy (non-hydrogen) atoms. The number of hydrogen-bond donors (Lipinski definition) is 1. The van der Waals surface area contributed by atoms with E-state index >= 15 is 0 Å². The molecule has 0 saturated carbocycles. The van der Waals surface area contributed by atoms with Crippen molar-refractivity contribution >= 4 is 17.5 Å². The first-order valence-corrected chi connectivity index (χ1v) is 6.46. The zero-order valence-corrected chi connectivity index (χ0v) is 10.6. The molecular weight excluding hydrogens is 250 g/mol. The lowest BCUT2D eigenvalue weighted by atomic mass is 10.0. The number of nitrogens with one attached hydrogen (secondary N) is 1. The van der Waals surface area contributed by atoms with E-state index in [9.17, 15) is 0 Å². The first-order valence-electron chi connectivity index (χ1n) is 6.08. The van der Waals surface area contributed by atoms with E-state index in [1.807, 2.05) is 6.20 Å². The molecule has 5 nitrogen and oxygen atoms in total. The fourth-order valence-electron chi connectivity index (χ4n) is 2.37. The number of H-pyrrole nitrogens is 1. The largest absolute Gasteiger partial charge is 0.347 e. The summed E-state index contributed by atoms with van der Waals surface area (Å²) in [6, 6.07) is 0.231. The molecule has 94 valence electrons. The molecule has 1 aliphatic heterocycles. The lowest BCUT2D eigenvalue weighted by Crippen LogP contribution is -2.35. The van der Waals surface area contributed by atoms with Crippen molar-refractivity contribution in [3.63, 3.8) is 0 Å². The lowest BCUT2D eigenvalue weighted by Gasteiger charge is -2.34. The van der Waals surface area contributed by atoms with Gasteiger partial charge in [-0.25, -0.2) is 15.0 Å². The first-order chi connectivity index (χ1) is 8.84. The van der Waals surface area contributed by atoms with Gasteiger partial charge < -0.3 is 9.88 Å². The monoisotopic (exact) mass is 263 g/mol. The Morgan fingerprint density at radius 3 is 2.78 bits per heavy atom. The molecule has 1 N–H and O–H groups in total. The van der Waals surface area contributed by atoms with Crippen LogP contribution >= 0.6 is 11.6 Å². The zero-order valence-electron chi connectivity index (χ0n) is 9.88. The van der Waals surface area contributed by atoms with Crippen LogP contribution in [0.25, 0.3) is 0 Å². The summed E-state index contributed by atoms with van der Waals surface area (Å²) in [6.45, 7) is 0.951. The molecular formula is C12H14ClN5. The minimum Gasteiger partial charge on any atom is -0.347 e. The Hall–Kier alpha value is -1.62. The molecule has 1 saturated heterocycles. The molecule has 2 aromatic heterocycles. The third-order valence-corrected chi connectivity index (χ3v) is 3.40. The zero-order chi connectivity index (χ0) is 12.4. The summed E-state index contributed by atoms with van der Waals surface area (Å²) in [5.41, 5.74) is 0. The molecule has 0 radical (unpaired) electrons. The van der Waals surface area contributed by atoms with Gasteiger partial charge in [0.15, 0.2) is 0 Å². The number of imidazole rings is 1. The third kappa shape index (κ3) is 2.18. The van der Waals surface area contributed by atoms with Crippen molar-refractivity contribution < 1.29 is 0 Å². The van der Waals surface area contributed by atoms with E-state index < -0.39 is 0 Å². The molecule has 1 aliphatic rings. The highest BCUT2D eigenvalue weighted by molar-refractivity contribution is 6.30. The van der Waals surface area contributed by atoms with Gasteiger partial charge in [-0.1, -0.05) is 11.6 Å². The Kier molecular flexibility index (Phi) is 3.15. The Balaban J connectivity index is 1.90. The van der Waals surface area contributed by atoms with Crippen LogP contribution in [0.1, 0.15) is 31.1 Å². The van der Waals surface area contributed by atoms with Gasteiger partial charge in [-0.3, -0.25) is 0 Å². The molecule has 1 fully saturated rings. The molecule has 0 aliphatic carbocycles. The summed E-state index contributed by atoms with van der Waals surface area (Å²) in [7, 11) is 0. The van der Waals surface area contributed by atoms with Crippen LogP contribution in [0.15, 0.2) is 24.8 Å². The van der Waals surface area contributed by atoms with E-state index in [1.54, 1.807) is 18.6 Å². The molecule has 6 heteroatoms. The van der Waals surface area contributed by atoms with Gasteiger partial charge in [-0.05, 0) is 19.3 Å². The molecule has 0 amide bonds. The summed E-state index contributed by atoms with van der Waals surface area (Å²) in [5.74, 6) is 1.70. The Morgan fingerprint density at radius 1 is 1.22 bits per heavy atom. The van der Waals surface area contributed by atoms with Crippen LogP contribution in [0.3, 0.4) is 0 Å². The average molecular weight is 264 g/mol. The van der Waals surface area contributed by atoms with Crippen molar-refractivity contribution in [2.75, 3.05) is 11.4 Å². The van der Waals surface area contributed by atoms with Crippen LogP contribution in [0.5, 0.6) is 0 Å². The van der Waals surface area contributed by atoms with Crippen molar-refractivity contribution in [2.45, 2.75) is 25.3 Å². The minimum atomic E-state index is 0.231. The van der Waals surface area contributed by atoms with Crippen molar-refractivity contribution in [1.29, 1.82) is 0 Å². The van der Waals surface area contributed by atoms with Gasteiger partial charge in [-0.15, -0.1) is 0 Å². The van der Waals surface area contributed by atoms with Crippen molar-refractivity contribution in [3.8, 4) is 0 Å². The molecule has 0 aromatic carbocycles. The summed E-state index contributed by atoms with van der Waals surface area (Å²) in [4.78, 5) is 18.3. The van der Waals surface area contributed by atoms with Gasteiger partial charge in [0.05, 0.1) is 23.5 Å². The molecule has 1 unspecified atom stereocenters. The standard InChI is InChI=1S/C12H14ClN5/c13-9-7-16-12(17-8-9)18-6-2-1-3-10(18)11-14-4-5-15-11/h4-5,7-8,10H,1-3,6H2,(H,14,15). The second kappa shape index (κ2) is 4.94. The number of aromatic amines is 1. The fraction of sp³-hybridized carbons (Fsp3) is 0.417. The predicted molar refractivity (Wildman–Crippen MR) is 69.6 cm³/mol. The Bertz CT molecular complexity index is 496. The maximum Gasteiger partial charge on any atom is 0.225 e. The van der Waals surface area contributed by atoms with Gasteiger partial charge in [0.1, 0.15) is 5.82 Å². The lowest BCUT2D eigenvalue weighted by molar-refractivity contribution is 0.451. The van der Waals surface area contributed by atoms with Crippen molar-refractivity contribution in [2.24, 2.45) is 0 Å². The highest BCUT2D eigenvalue weighted by Crippen LogP contribution is 2.31. The number of nitrogens with zero attached hydrogens (tertiary/aromatic N) is 4. The number of piperidine rings is 1. The minimum absolute atomic E-state index is 0.231. The second-order valence-corrected chi connectivity index (χ2v) is 4.82. The number of aromatic nitrogens is 4. The SMILES string of the molecule is Clc1cnc(N2CCCCC2c2ncc[nH]2)nc1. The fourth-order valence-corrected chi connectivity index (χ4v) is 2.47. The van der Waals surface area contributed by atoms with Crippen LogP contribution in [-0.2, 0) is 0 Å². The highest BCUT2D eigenvalue weighted by atomic mass is 35.5. The average Bonchev–Trinajstić information content (AvgIpc) is 2.93. The van der Waals surface area contributed by atoms with E-state index in [-0.39, 0.29) is 6.04 Å². The summed E-state index contributed by atoms with van der Waals surface area (Å²) < 4.78 is 0. The van der Waals surface area contributed by atoms with E-state index in [4.69, 9.17) is 11.6 Å².